The third-order valence-electron chi connectivity index (χ3n) is 2.74. The van der Waals surface area contributed by atoms with Crippen LogP contribution in [0.2, 0.25) is 0 Å². The Hall–Kier alpha value is -0.0800. The fourth-order valence-electron chi connectivity index (χ4n) is 1.60. The average Bonchev–Trinajstić information content (AvgIpc) is 2.04. The van der Waals surface area contributed by atoms with E-state index in [-0.39, 0.29) is 5.92 Å². The number of hydrogen-bond donors (Lipinski definition) is 2. The molecule has 0 amide bonds. The summed E-state index contributed by atoms with van der Waals surface area (Å²) in [5, 5.41) is 9.86. The quantitative estimate of drug-likeness (QED) is 0.475. The van der Waals surface area contributed by atoms with Gasteiger partial charge in [-0.25, -0.2) is 0 Å². The first-order chi connectivity index (χ1) is 6.04. The van der Waals surface area contributed by atoms with Gasteiger partial charge in [-0.05, 0) is 18.8 Å². The Morgan fingerprint density at radius 2 is 1.85 bits per heavy atom. The second kappa shape index (κ2) is 6.39. The summed E-state index contributed by atoms with van der Waals surface area (Å²) in [6.07, 6.45) is 6.35. The molecule has 0 spiro atoms. The van der Waals surface area contributed by atoms with Crippen molar-refractivity contribution in [1.82, 2.24) is 0 Å². The van der Waals surface area contributed by atoms with Crippen LogP contribution in [0.3, 0.4) is 0 Å². The maximum absolute atomic E-state index is 9.86. The van der Waals surface area contributed by atoms with Crippen LogP contribution in [0.4, 0.5) is 0 Å². The molecule has 0 aliphatic heterocycles. The van der Waals surface area contributed by atoms with Crippen LogP contribution in [0, 0.1) is 5.92 Å². The predicted octanol–water partition coefficient (Wildman–Crippen LogP) is 2.65. The summed E-state index contributed by atoms with van der Waals surface area (Å²) in [5.41, 5.74) is 4.87. The standard InChI is InChI=1S/C11H25NO/c1-4-6-7-8-10(3)11(12,13)9-5-2/h10,13H,4-9,12H2,1-3H3. The minimum atomic E-state index is -0.942. The lowest BCUT2D eigenvalue weighted by atomic mass is 9.89. The third kappa shape index (κ3) is 5.27. The molecule has 0 aliphatic rings. The zero-order valence-electron chi connectivity index (χ0n) is 9.34. The highest BCUT2D eigenvalue weighted by Crippen LogP contribution is 2.22. The topological polar surface area (TPSA) is 46.2 Å². The zero-order valence-corrected chi connectivity index (χ0v) is 9.34. The molecule has 2 atom stereocenters. The Bertz CT molecular complexity index is 123. The summed E-state index contributed by atoms with van der Waals surface area (Å²) in [7, 11) is 0. The SMILES string of the molecule is CCCCCC(C)C(N)(O)CCC. The summed E-state index contributed by atoms with van der Waals surface area (Å²) >= 11 is 0. The summed E-state index contributed by atoms with van der Waals surface area (Å²) < 4.78 is 0. The van der Waals surface area contributed by atoms with Crippen molar-refractivity contribution in [3.8, 4) is 0 Å². The minimum Gasteiger partial charge on any atom is -0.376 e. The molecule has 0 aromatic heterocycles. The summed E-state index contributed by atoms with van der Waals surface area (Å²) in [5.74, 6) is 0.221. The summed E-state index contributed by atoms with van der Waals surface area (Å²) in [6, 6.07) is 0. The van der Waals surface area contributed by atoms with Gasteiger partial charge in [0.1, 0.15) is 5.72 Å². The van der Waals surface area contributed by atoms with Gasteiger partial charge in [-0.2, -0.15) is 0 Å². The first kappa shape index (κ1) is 12.9. The maximum Gasteiger partial charge on any atom is 0.116 e. The second-order valence-corrected chi connectivity index (χ2v) is 4.14. The Morgan fingerprint density at radius 3 is 2.31 bits per heavy atom. The van der Waals surface area contributed by atoms with Crippen molar-refractivity contribution in [3.05, 3.63) is 0 Å². The molecule has 0 rings (SSSR count). The normalized spacial score (nSPS) is 18.2. The molecule has 0 bridgehead atoms. The van der Waals surface area contributed by atoms with Gasteiger partial charge in [-0.15, -0.1) is 0 Å². The van der Waals surface area contributed by atoms with Crippen LogP contribution in [0.5, 0.6) is 0 Å². The van der Waals surface area contributed by atoms with Crippen LogP contribution in [-0.2, 0) is 0 Å². The second-order valence-electron chi connectivity index (χ2n) is 4.14. The number of rotatable bonds is 7. The van der Waals surface area contributed by atoms with E-state index in [0.29, 0.717) is 6.42 Å². The lowest BCUT2D eigenvalue weighted by molar-refractivity contribution is -0.0184. The van der Waals surface area contributed by atoms with Crippen LogP contribution >= 0.6 is 0 Å². The number of hydrogen-bond acceptors (Lipinski definition) is 2. The molecule has 80 valence electrons. The van der Waals surface area contributed by atoms with E-state index < -0.39 is 5.72 Å². The van der Waals surface area contributed by atoms with E-state index in [2.05, 4.69) is 13.8 Å². The molecule has 0 fully saturated rings. The van der Waals surface area contributed by atoms with Gasteiger partial charge in [-0.1, -0.05) is 46.5 Å². The molecule has 0 aromatic rings. The van der Waals surface area contributed by atoms with Crippen molar-refractivity contribution in [1.29, 1.82) is 0 Å². The smallest absolute Gasteiger partial charge is 0.116 e. The van der Waals surface area contributed by atoms with E-state index in [1.54, 1.807) is 0 Å². The van der Waals surface area contributed by atoms with Crippen molar-refractivity contribution < 1.29 is 5.11 Å². The Kier molecular flexibility index (Phi) is 6.35. The number of unbranched alkanes of at least 4 members (excludes halogenated alkanes) is 2. The van der Waals surface area contributed by atoms with Crippen LogP contribution in [0.25, 0.3) is 0 Å². The molecule has 0 heterocycles. The molecule has 0 saturated heterocycles. The van der Waals surface area contributed by atoms with Crippen LogP contribution in [0.1, 0.15) is 59.3 Å². The number of aliphatic hydroxyl groups is 1. The van der Waals surface area contributed by atoms with Crippen LogP contribution in [-0.4, -0.2) is 10.8 Å². The van der Waals surface area contributed by atoms with E-state index in [0.717, 1.165) is 12.8 Å². The summed E-state index contributed by atoms with van der Waals surface area (Å²) in [4.78, 5) is 0. The highest BCUT2D eigenvalue weighted by molar-refractivity contribution is 4.76. The molecular formula is C11H25NO. The molecule has 2 heteroatoms. The van der Waals surface area contributed by atoms with E-state index in [1.165, 1.54) is 19.3 Å². The highest BCUT2D eigenvalue weighted by atomic mass is 16.3. The van der Waals surface area contributed by atoms with Crippen LogP contribution < -0.4 is 5.73 Å². The molecular weight excluding hydrogens is 162 g/mol. The maximum atomic E-state index is 9.86. The Labute approximate surface area is 82.5 Å². The molecule has 0 saturated carbocycles. The van der Waals surface area contributed by atoms with Gasteiger partial charge in [0, 0.05) is 0 Å². The predicted molar refractivity (Wildman–Crippen MR) is 57.4 cm³/mol. The Balaban J connectivity index is 3.72. The van der Waals surface area contributed by atoms with Gasteiger partial charge in [0.15, 0.2) is 0 Å². The van der Waals surface area contributed by atoms with Gasteiger partial charge < -0.3 is 10.8 Å². The first-order valence-electron chi connectivity index (χ1n) is 5.55. The lowest BCUT2D eigenvalue weighted by Gasteiger charge is -2.29. The third-order valence-corrected chi connectivity index (χ3v) is 2.74. The van der Waals surface area contributed by atoms with Gasteiger partial charge >= 0.3 is 0 Å². The van der Waals surface area contributed by atoms with Gasteiger partial charge in [0.25, 0.3) is 0 Å². The zero-order chi connectivity index (χ0) is 10.3. The molecule has 13 heavy (non-hydrogen) atoms. The fourth-order valence-corrected chi connectivity index (χ4v) is 1.60. The molecule has 3 N–H and O–H groups in total. The van der Waals surface area contributed by atoms with Crippen molar-refractivity contribution in [2.45, 2.75) is 65.0 Å². The van der Waals surface area contributed by atoms with E-state index in [4.69, 9.17) is 5.73 Å². The van der Waals surface area contributed by atoms with E-state index >= 15 is 0 Å². The van der Waals surface area contributed by atoms with Gasteiger partial charge in [0.05, 0.1) is 0 Å². The van der Waals surface area contributed by atoms with E-state index in [9.17, 15) is 5.11 Å². The van der Waals surface area contributed by atoms with Gasteiger partial charge in [-0.3, -0.25) is 0 Å². The molecule has 2 unspecified atom stereocenters. The number of nitrogens with two attached hydrogens (primary N) is 1. The summed E-state index contributed by atoms with van der Waals surface area (Å²) in [6.45, 7) is 6.28. The van der Waals surface area contributed by atoms with E-state index in [1.807, 2.05) is 6.92 Å². The molecule has 0 radical (unpaired) electrons. The fraction of sp³-hybridized carbons (Fsp3) is 1.00. The monoisotopic (exact) mass is 187 g/mol. The Morgan fingerprint density at radius 1 is 1.23 bits per heavy atom. The van der Waals surface area contributed by atoms with Crippen LogP contribution in [0.15, 0.2) is 0 Å². The largest absolute Gasteiger partial charge is 0.376 e. The molecule has 0 aromatic carbocycles. The van der Waals surface area contributed by atoms with Crippen molar-refractivity contribution in [3.63, 3.8) is 0 Å². The van der Waals surface area contributed by atoms with Crippen molar-refractivity contribution >= 4 is 0 Å². The lowest BCUT2D eigenvalue weighted by Crippen LogP contribution is -2.45. The van der Waals surface area contributed by atoms with Crippen molar-refractivity contribution in [2.24, 2.45) is 11.7 Å². The molecule has 0 aliphatic carbocycles. The van der Waals surface area contributed by atoms with Gasteiger partial charge in [0.2, 0.25) is 0 Å². The highest BCUT2D eigenvalue weighted by Gasteiger charge is 2.26. The first-order valence-corrected chi connectivity index (χ1v) is 5.55. The molecule has 2 nitrogen and oxygen atoms in total. The van der Waals surface area contributed by atoms with Crippen molar-refractivity contribution in [2.75, 3.05) is 0 Å². The average molecular weight is 187 g/mol. The minimum absolute atomic E-state index is 0.221.